The Kier molecular flexibility index (Phi) is 6.59. The van der Waals surface area contributed by atoms with E-state index < -0.39 is 11.9 Å². The van der Waals surface area contributed by atoms with E-state index in [-0.39, 0.29) is 5.56 Å². The number of methoxy groups -OCH3 is 3. The number of carbonyl (C=O) groups is 1. The third-order valence-electron chi connectivity index (χ3n) is 4.85. The van der Waals surface area contributed by atoms with Crippen molar-refractivity contribution in [2.45, 2.75) is 19.9 Å². The number of rotatable bonds is 7. The highest BCUT2D eigenvalue weighted by molar-refractivity contribution is 5.94. The zero-order valence-electron chi connectivity index (χ0n) is 18.1. The van der Waals surface area contributed by atoms with Crippen LogP contribution < -0.4 is 25.1 Å². The lowest BCUT2D eigenvalue weighted by atomic mass is 10.1. The molecule has 8 nitrogen and oxygen atoms in total. The van der Waals surface area contributed by atoms with Crippen molar-refractivity contribution in [1.29, 1.82) is 0 Å². The molecule has 31 heavy (non-hydrogen) atoms. The first-order valence-electron chi connectivity index (χ1n) is 9.65. The fourth-order valence-corrected chi connectivity index (χ4v) is 3.09. The maximum atomic E-state index is 12.9. The van der Waals surface area contributed by atoms with Gasteiger partial charge >= 0.3 is 0 Å². The van der Waals surface area contributed by atoms with E-state index in [2.05, 4.69) is 10.4 Å². The lowest BCUT2D eigenvalue weighted by Gasteiger charge is -2.17. The minimum Gasteiger partial charge on any atom is -0.493 e. The molecule has 0 aliphatic rings. The van der Waals surface area contributed by atoms with E-state index in [0.29, 0.717) is 28.6 Å². The van der Waals surface area contributed by atoms with Crippen molar-refractivity contribution in [1.82, 2.24) is 9.78 Å². The van der Waals surface area contributed by atoms with E-state index in [4.69, 9.17) is 14.2 Å². The average Bonchev–Trinajstić information content (AvgIpc) is 2.78. The predicted octanol–water partition coefficient (Wildman–Crippen LogP) is 3.44. The van der Waals surface area contributed by atoms with Gasteiger partial charge in [-0.1, -0.05) is 29.8 Å². The second kappa shape index (κ2) is 9.34. The Morgan fingerprint density at radius 1 is 0.968 bits per heavy atom. The van der Waals surface area contributed by atoms with Crippen molar-refractivity contribution < 1.29 is 19.0 Å². The van der Waals surface area contributed by atoms with E-state index in [9.17, 15) is 9.59 Å². The monoisotopic (exact) mass is 423 g/mol. The van der Waals surface area contributed by atoms with E-state index in [1.165, 1.54) is 32.1 Å². The van der Waals surface area contributed by atoms with Crippen LogP contribution in [0.1, 0.15) is 18.5 Å². The van der Waals surface area contributed by atoms with Gasteiger partial charge in [-0.25, -0.2) is 4.68 Å². The highest BCUT2D eigenvalue weighted by atomic mass is 16.5. The third kappa shape index (κ3) is 4.69. The van der Waals surface area contributed by atoms with Crippen LogP contribution in [0.2, 0.25) is 0 Å². The number of anilines is 1. The number of carbonyl (C=O) groups excluding carboxylic acids is 1. The molecular weight excluding hydrogens is 398 g/mol. The normalized spacial score (nSPS) is 11.5. The number of nitrogens with zero attached hydrogens (tertiary/aromatic N) is 2. The fraction of sp³-hybridized carbons (Fsp3) is 0.261. The molecule has 162 valence electrons. The number of hydrogen-bond donors (Lipinski definition) is 1. The molecule has 0 saturated heterocycles. The van der Waals surface area contributed by atoms with Crippen LogP contribution >= 0.6 is 0 Å². The van der Waals surface area contributed by atoms with Gasteiger partial charge in [-0.15, -0.1) is 0 Å². The molecule has 0 bridgehead atoms. The third-order valence-corrected chi connectivity index (χ3v) is 4.85. The molecule has 8 heteroatoms. The Labute approximate surface area is 180 Å². The number of aromatic nitrogens is 2. The molecule has 1 unspecified atom stereocenters. The van der Waals surface area contributed by atoms with Gasteiger partial charge in [0.2, 0.25) is 11.7 Å². The van der Waals surface area contributed by atoms with Gasteiger partial charge < -0.3 is 19.5 Å². The molecule has 1 atom stereocenters. The zero-order chi connectivity index (χ0) is 22.5. The molecule has 1 N–H and O–H groups in total. The van der Waals surface area contributed by atoms with Crippen LogP contribution in [-0.4, -0.2) is 37.0 Å². The van der Waals surface area contributed by atoms with Crippen LogP contribution in [0.3, 0.4) is 0 Å². The van der Waals surface area contributed by atoms with Crippen molar-refractivity contribution in [3.8, 4) is 28.5 Å². The van der Waals surface area contributed by atoms with Crippen molar-refractivity contribution in [3.63, 3.8) is 0 Å². The standard InChI is InChI=1S/C23H25N3O5/c1-14-6-8-16(9-7-14)18-10-11-21(27)26(25-18)15(2)23(28)24-17-12-19(29-3)22(31-5)20(13-17)30-4/h6-13,15H,1-5H3,(H,24,28). The minimum absolute atomic E-state index is 0.372. The summed E-state index contributed by atoms with van der Waals surface area (Å²) >= 11 is 0. The number of amides is 1. The van der Waals surface area contributed by atoms with Crippen LogP contribution in [0.25, 0.3) is 11.3 Å². The molecule has 1 amide bonds. The highest BCUT2D eigenvalue weighted by Gasteiger charge is 2.20. The summed E-state index contributed by atoms with van der Waals surface area (Å²) in [6.45, 7) is 3.61. The Bertz CT molecular complexity index is 1110. The van der Waals surface area contributed by atoms with Crippen molar-refractivity contribution in [3.05, 3.63) is 64.4 Å². The molecule has 1 aromatic heterocycles. The highest BCUT2D eigenvalue weighted by Crippen LogP contribution is 2.40. The average molecular weight is 423 g/mol. The molecule has 2 aromatic carbocycles. The van der Waals surface area contributed by atoms with Crippen molar-refractivity contribution in [2.75, 3.05) is 26.6 Å². The quantitative estimate of drug-likeness (QED) is 0.626. The molecule has 0 radical (unpaired) electrons. The largest absolute Gasteiger partial charge is 0.493 e. The molecule has 0 fully saturated rings. The SMILES string of the molecule is COc1cc(NC(=O)C(C)n2nc(-c3ccc(C)cc3)ccc2=O)cc(OC)c1OC. The van der Waals surface area contributed by atoms with Crippen LogP contribution in [0.15, 0.2) is 53.3 Å². The van der Waals surface area contributed by atoms with E-state index in [0.717, 1.165) is 11.1 Å². The van der Waals surface area contributed by atoms with Crippen LogP contribution in [-0.2, 0) is 4.79 Å². The number of ether oxygens (including phenoxy) is 3. The first kappa shape index (κ1) is 21.9. The summed E-state index contributed by atoms with van der Waals surface area (Å²) in [6.07, 6.45) is 0. The molecule has 0 aliphatic heterocycles. The van der Waals surface area contributed by atoms with E-state index >= 15 is 0 Å². The smallest absolute Gasteiger partial charge is 0.267 e. The lowest BCUT2D eigenvalue weighted by molar-refractivity contribution is -0.119. The second-order valence-electron chi connectivity index (χ2n) is 6.95. The molecule has 3 rings (SSSR count). The summed E-state index contributed by atoms with van der Waals surface area (Å²) in [5.41, 5.74) is 2.65. The lowest BCUT2D eigenvalue weighted by Crippen LogP contribution is -2.33. The molecular formula is C23H25N3O5. The summed E-state index contributed by atoms with van der Waals surface area (Å²) in [6, 6.07) is 13.2. The molecule has 0 spiro atoms. The first-order chi connectivity index (χ1) is 14.9. The fourth-order valence-electron chi connectivity index (χ4n) is 3.09. The molecule has 0 saturated carbocycles. The second-order valence-corrected chi connectivity index (χ2v) is 6.95. The Morgan fingerprint density at radius 3 is 2.13 bits per heavy atom. The zero-order valence-corrected chi connectivity index (χ0v) is 18.1. The summed E-state index contributed by atoms with van der Waals surface area (Å²) < 4.78 is 17.1. The summed E-state index contributed by atoms with van der Waals surface area (Å²) in [5.74, 6) is 0.813. The topological polar surface area (TPSA) is 91.7 Å². The van der Waals surface area contributed by atoms with Gasteiger partial charge in [-0.3, -0.25) is 9.59 Å². The van der Waals surface area contributed by atoms with Crippen LogP contribution in [0.5, 0.6) is 17.2 Å². The first-order valence-corrected chi connectivity index (χ1v) is 9.65. The summed E-state index contributed by atoms with van der Waals surface area (Å²) in [5, 5.41) is 7.18. The van der Waals surface area contributed by atoms with Crippen molar-refractivity contribution >= 4 is 11.6 Å². The number of benzene rings is 2. The van der Waals surface area contributed by atoms with Crippen LogP contribution in [0.4, 0.5) is 5.69 Å². The number of nitrogens with one attached hydrogen (secondary N) is 1. The van der Waals surface area contributed by atoms with Crippen molar-refractivity contribution in [2.24, 2.45) is 0 Å². The van der Waals surface area contributed by atoms with Gasteiger partial charge in [-0.05, 0) is 19.9 Å². The van der Waals surface area contributed by atoms with Gasteiger partial charge in [0.1, 0.15) is 6.04 Å². The van der Waals surface area contributed by atoms with E-state index in [1.54, 1.807) is 25.1 Å². The van der Waals surface area contributed by atoms with E-state index in [1.807, 2.05) is 31.2 Å². The maximum Gasteiger partial charge on any atom is 0.267 e. The minimum atomic E-state index is -0.850. The molecule has 3 aromatic rings. The van der Waals surface area contributed by atoms with Gasteiger partial charge in [0.15, 0.2) is 11.5 Å². The van der Waals surface area contributed by atoms with Gasteiger partial charge in [-0.2, -0.15) is 5.10 Å². The van der Waals surface area contributed by atoms with Gasteiger partial charge in [0.05, 0.1) is 27.0 Å². The molecule has 0 aliphatic carbocycles. The van der Waals surface area contributed by atoms with Crippen LogP contribution in [0, 0.1) is 6.92 Å². The molecule has 1 heterocycles. The summed E-state index contributed by atoms with van der Waals surface area (Å²) in [4.78, 5) is 25.3. The number of aryl methyl sites for hydroxylation is 1. The Hall–Kier alpha value is -3.81. The van der Waals surface area contributed by atoms with Gasteiger partial charge in [0, 0.05) is 29.4 Å². The Morgan fingerprint density at radius 2 is 1.58 bits per heavy atom. The predicted molar refractivity (Wildman–Crippen MR) is 118 cm³/mol. The summed E-state index contributed by atoms with van der Waals surface area (Å²) in [7, 11) is 4.48. The Balaban J connectivity index is 1.89. The maximum absolute atomic E-state index is 12.9. The van der Waals surface area contributed by atoms with Gasteiger partial charge in [0.25, 0.3) is 5.56 Å². The number of hydrogen-bond acceptors (Lipinski definition) is 6.